The van der Waals surface area contributed by atoms with Crippen LogP contribution in [0.15, 0.2) is 54.6 Å². The topological polar surface area (TPSA) is 43.0 Å². The predicted molar refractivity (Wildman–Crippen MR) is 135 cm³/mol. The molecule has 0 spiro atoms. The molecule has 0 atom stereocenters. The third-order valence-electron chi connectivity index (χ3n) is 5.54. The van der Waals surface area contributed by atoms with E-state index in [-0.39, 0.29) is 12.4 Å². The molecule has 0 amide bonds. The number of nitrogens with one attached hydrogen (secondary N) is 1. The Labute approximate surface area is 209 Å². The molecule has 1 aliphatic heterocycles. The normalized spacial score (nSPS) is 13.6. The van der Waals surface area contributed by atoms with Crippen molar-refractivity contribution in [2.24, 2.45) is 0 Å². The summed E-state index contributed by atoms with van der Waals surface area (Å²) in [7, 11) is 0. The molecule has 1 N–H and O–H groups in total. The molecule has 0 bridgehead atoms. The number of benzene rings is 3. The van der Waals surface area contributed by atoms with Gasteiger partial charge in [0.25, 0.3) is 0 Å². The number of hydrogen-bond acceptors (Lipinski definition) is 5. The lowest BCUT2D eigenvalue weighted by Gasteiger charge is -2.29. The Bertz CT molecular complexity index is 1110. The SMILES string of the molecule is CCOc1cc(CNc2ccc(N3CCOCC3)cc2)c(Cl)cc1OCc1ccc(F)cc1Cl. The molecule has 4 rings (SSSR count). The molecule has 0 aliphatic carbocycles. The van der Waals surface area contributed by atoms with Crippen LogP contribution in [0.3, 0.4) is 0 Å². The smallest absolute Gasteiger partial charge is 0.163 e. The van der Waals surface area contributed by atoms with Gasteiger partial charge in [-0.2, -0.15) is 0 Å². The average Bonchev–Trinajstić information content (AvgIpc) is 2.85. The molecule has 1 saturated heterocycles. The summed E-state index contributed by atoms with van der Waals surface area (Å²) >= 11 is 12.7. The number of rotatable bonds is 9. The Morgan fingerprint density at radius 3 is 2.32 bits per heavy atom. The Morgan fingerprint density at radius 2 is 1.62 bits per heavy atom. The summed E-state index contributed by atoms with van der Waals surface area (Å²) in [6, 6.07) is 16.2. The van der Waals surface area contributed by atoms with Crippen molar-refractivity contribution in [1.29, 1.82) is 0 Å². The van der Waals surface area contributed by atoms with Crippen molar-refractivity contribution >= 4 is 34.6 Å². The van der Waals surface area contributed by atoms with Crippen LogP contribution in [0.2, 0.25) is 10.0 Å². The Hall–Kier alpha value is -2.67. The maximum absolute atomic E-state index is 13.3. The van der Waals surface area contributed by atoms with Crippen molar-refractivity contribution in [2.75, 3.05) is 43.1 Å². The molecule has 180 valence electrons. The molecule has 0 unspecified atom stereocenters. The van der Waals surface area contributed by atoms with E-state index >= 15 is 0 Å². The molecule has 0 radical (unpaired) electrons. The van der Waals surface area contributed by atoms with Crippen LogP contribution >= 0.6 is 23.2 Å². The maximum Gasteiger partial charge on any atom is 0.163 e. The molecule has 1 heterocycles. The highest BCUT2D eigenvalue weighted by Crippen LogP contribution is 2.35. The van der Waals surface area contributed by atoms with E-state index in [0.717, 1.165) is 37.6 Å². The molecule has 0 aromatic heterocycles. The zero-order chi connectivity index (χ0) is 23.9. The largest absolute Gasteiger partial charge is 0.490 e. The standard InChI is InChI=1S/C26H27Cl2FN2O3/c1-2-33-25-13-19(16-30-21-5-7-22(8-6-21)31-9-11-32-12-10-31)24(28)15-26(25)34-17-18-3-4-20(29)14-23(18)27/h3-8,13-15,30H,2,9-12,16-17H2,1H3. The van der Waals surface area contributed by atoms with E-state index in [0.29, 0.717) is 40.3 Å². The van der Waals surface area contributed by atoms with Crippen molar-refractivity contribution in [3.05, 3.63) is 81.6 Å². The van der Waals surface area contributed by atoms with Gasteiger partial charge in [0.1, 0.15) is 12.4 Å². The van der Waals surface area contributed by atoms with Gasteiger partial charge in [-0.15, -0.1) is 0 Å². The quantitative estimate of drug-likeness (QED) is 0.357. The van der Waals surface area contributed by atoms with Crippen molar-refractivity contribution in [3.8, 4) is 11.5 Å². The Balaban J connectivity index is 1.42. The van der Waals surface area contributed by atoms with Crippen molar-refractivity contribution < 1.29 is 18.6 Å². The molecule has 0 saturated carbocycles. The van der Waals surface area contributed by atoms with Gasteiger partial charge >= 0.3 is 0 Å². The second-order valence-corrected chi connectivity index (χ2v) is 8.66. The van der Waals surface area contributed by atoms with E-state index in [1.54, 1.807) is 12.1 Å². The lowest BCUT2D eigenvalue weighted by atomic mass is 10.1. The fourth-order valence-electron chi connectivity index (χ4n) is 3.70. The van der Waals surface area contributed by atoms with Crippen LogP contribution < -0.4 is 19.7 Å². The third-order valence-corrected chi connectivity index (χ3v) is 6.24. The molecule has 5 nitrogen and oxygen atoms in total. The Morgan fingerprint density at radius 1 is 0.912 bits per heavy atom. The molecular weight excluding hydrogens is 478 g/mol. The summed E-state index contributed by atoms with van der Waals surface area (Å²) in [6.45, 7) is 6.42. The second kappa shape index (κ2) is 11.6. The first-order valence-electron chi connectivity index (χ1n) is 11.2. The zero-order valence-corrected chi connectivity index (χ0v) is 20.5. The Kier molecular flexibility index (Phi) is 8.38. The predicted octanol–water partition coefficient (Wildman–Crippen LogP) is 6.56. The highest BCUT2D eigenvalue weighted by atomic mass is 35.5. The van der Waals surface area contributed by atoms with Gasteiger partial charge in [-0.3, -0.25) is 0 Å². The second-order valence-electron chi connectivity index (χ2n) is 7.85. The van der Waals surface area contributed by atoms with Crippen LogP contribution in [0, 0.1) is 5.82 Å². The van der Waals surface area contributed by atoms with Crippen molar-refractivity contribution in [3.63, 3.8) is 0 Å². The summed E-state index contributed by atoms with van der Waals surface area (Å²) in [5, 5.41) is 4.28. The molecule has 8 heteroatoms. The monoisotopic (exact) mass is 504 g/mol. The number of anilines is 2. The zero-order valence-electron chi connectivity index (χ0n) is 19.0. The number of morpholine rings is 1. The minimum Gasteiger partial charge on any atom is -0.490 e. The fourth-order valence-corrected chi connectivity index (χ4v) is 4.14. The third kappa shape index (κ3) is 6.26. The summed E-state index contributed by atoms with van der Waals surface area (Å²) in [5.41, 5.74) is 3.74. The van der Waals surface area contributed by atoms with Gasteiger partial charge in [0.15, 0.2) is 11.5 Å². The van der Waals surface area contributed by atoms with E-state index in [1.165, 1.54) is 17.8 Å². The molecule has 1 fully saturated rings. The molecule has 1 aliphatic rings. The molecule has 34 heavy (non-hydrogen) atoms. The van der Waals surface area contributed by atoms with Gasteiger partial charge in [-0.05, 0) is 55.0 Å². The van der Waals surface area contributed by atoms with Gasteiger partial charge in [-0.25, -0.2) is 4.39 Å². The van der Waals surface area contributed by atoms with E-state index in [9.17, 15) is 4.39 Å². The van der Waals surface area contributed by atoms with Gasteiger partial charge in [0.2, 0.25) is 0 Å². The minimum absolute atomic E-state index is 0.169. The first-order valence-corrected chi connectivity index (χ1v) is 12.0. The number of halogens is 3. The minimum atomic E-state index is -0.389. The maximum atomic E-state index is 13.3. The van der Waals surface area contributed by atoms with E-state index in [1.807, 2.05) is 13.0 Å². The van der Waals surface area contributed by atoms with E-state index in [2.05, 4.69) is 34.5 Å². The van der Waals surface area contributed by atoms with Gasteiger partial charge in [-0.1, -0.05) is 29.3 Å². The first kappa shape index (κ1) is 24.5. The highest BCUT2D eigenvalue weighted by molar-refractivity contribution is 6.31. The summed E-state index contributed by atoms with van der Waals surface area (Å²) in [4.78, 5) is 2.32. The lowest BCUT2D eigenvalue weighted by molar-refractivity contribution is 0.122. The number of ether oxygens (including phenoxy) is 3. The van der Waals surface area contributed by atoms with Crippen LogP contribution in [-0.2, 0) is 17.9 Å². The van der Waals surface area contributed by atoms with Gasteiger partial charge < -0.3 is 24.4 Å². The first-order chi connectivity index (χ1) is 16.5. The average molecular weight is 505 g/mol. The van der Waals surface area contributed by atoms with Gasteiger partial charge in [0, 0.05) is 47.7 Å². The fraction of sp³-hybridized carbons (Fsp3) is 0.308. The van der Waals surface area contributed by atoms with Crippen LogP contribution in [0.4, 0.5) is 15.8 Å². The van der Waals surface area contributed by atoms with E-state index < -0.39 is 0 Å². The van der Waals surface area contributed by atoms with Crippen molar-refractivity contribution in [2.45, 2.75) is 20.1 Å². The molecule has 3 aromatic rings. The lowest BCUT2D eigenvalue weighted by Crippen LogP contribution is -2.36. The summed E-state index contributed by atoms with van der Waals surface area (Å²) in [6.07, 6.45) is 0. The van der Waals surface area contributed by atoms with Crippen LogP contribution in [0.1, 0.15) is 18.1 Å². The van der Waals surface area contributed by atoms with Crippen molar-refractivity contribution in [1.82, 2.24) is 0 Å². The number of nitrogens with zero attached hydrogens (tertiary/aromatic N) is 1. The summed E-state index contributed by atoms with van der Waals surface area (Å²) in [5.74, 6) is 0.704. The van der Waals surface area contributed by atoms with Gasteiger partial charge in [0.05, 0.1) is 24.8 Å². The summed E-state index contributed by atoms with van der Waals surface area (Å²) < 4.78 is 30.4. The van der Waals surface area contributed by atoms with Crippen LogP contribution in [0.5, 0.6) is 11.5 Å². The molecule has 3 aromatic carbocycles. The highest BCUT2D eigenvalue weighted by Gasteiger charge is 2.14. The molecular formula is C26H27Cl2FN2O3. The van der Waals surface area contributed by atoms with Crippen LogP contribution in [-0.4, -0.2) is 32.9 Å². The van der Waals surface area contributed by atoms with Crippen LogP contribution in [0.25, 0.3) is 0 Å². The number of hydrogen-bond donors (Lipinski definition) is 1. The van der Waals surface area contributed by atoms with E-state index in [4.69, 9.17) is 37.4 Å².